The summed E-state index contributed by atoms with van der Waals surface area (Å²) in [6.07, 6.45) is 5.24. The summed E-state index contributed by atoms with van der Waals surface area (Å²) in [5, 5.41) is 11.5. The van der Waals surface area contributed by atoms with E-state index < -0.39 is 0 Å². The first-order chi connectivity index (χ1) is 6.42. The van der Waals surface area contributed by atoms with Crippen LogP contribution < -0.4 is 5.32 Å². The van der Waals surface area contributed by atoms with Crippen LogP contribution in [-0.4, -0.2) is 27.9 Å². The highest BCUT2D eigenvalue weighted by atomic mass is 15.3. The van der Waals surface area contributed by atoms with Gasteiger partial charge in [-0.2, -0.15) is 0 Å². The first kappa shape index (κ1) is 8.69. The van der Waals surface area contributed by atoms with Gasteiger partial charge in [-0.25, -0.2) is 0 Å². The summed E-state index contributed by atoms with van der Waals surface area (Å²) in [6.45, 7) is 4.36. The highest BCUT2D eigenvalue weighted by Gasteiger charge is 2.18. The number of hydrogen-bond donors (Lipinski definition) is 1. The van der Waals surface area contributed by atoms with Gasteiger partial charge >= 0.3 is 0 Å². The fraction of sp³-hybridized carbons (Fsp3) is 0.778. The number of aryl methyl sites for hydroxylation is 1. The molecule has 0 aromatic carbocycles. The van der Waals surface area contributed by atoms with E-state index in [-0.39, 0.29) is 0 Å². The van der Waals surface area contributed by atoms with E-state index in [0.717, 1.165) is 31.8 Å². The lowest BCUT2D eigenvalue weighted by molar-refractivity contribution is 0.519. The third kappa shape index (κ3) is 1.72. The van der Waals surface area contributed by atoms with E-state index >= 15 is 0 Å². The molecule has 0 saturated carbocycles. The van der Waals surface area contributed by atoms with Crippen LogP contribution in [0.25, 0.3) is 0 Å². The van der Waals surface area contributed by atoms with Crippen LogP contribution in [0, 0.1) is 0 Å². The van der Waals surface area contributed by atoms with Crippen molar-refractivity contribution in [2.75, 3.05) is 13.1 Å². The second-order valence-corrected chi connectivity index (χ2v) is 3.55. The van der Waals surface area contributed by atoms with Crippen molar-refractivity contribution in [1.82, 2.24) is 20.1 Å². The van der Waals surface area contributed by atoms with Crippen molar-refractivity contribution in [3.8, 4) is 0 Å². The zero-order valence-corrected chi connectivity index (χ0v) is 8.03. The predicted octanol–water partition coefficient (Wildman–Crippen LogP) is 0.765. The minimum absolute atomic E-state index is 0.580. The van der Waals surface area contributed by atoms with Crippen molar-refractivity contribution < 1.29 is 0 Å². The van der Waals surface area contributed by atoms with E-state index in [4.69, 9.17) is 0 Å². The topological polar surface area (TPSA) is 42.7 Å². The molecule has 1 aliphatic heterocycles. The van der Waals surface area contributed by atoms with E-state index in [2.05, 4.69) is 27.0 Å². The average Bonchev–Trinajstić information content (AvgIpc) is 2.71. The average molecular weight is 180 g/mol. The summed E-state index contributed by atoms with van der Waals surface area (Å²) in [7, 11) is 0. The number of nitrogens with zero attached hydrogens (tertiary/aromatic N) is 3. The predicted molar refractivity (Wildman–Crippen MR) is 50.5 cm³/mol. The fourth-order valence-electron chi connectivity index (χ4n) is 1.85. The molecule has 1 saturated heterocycles. The van der Waals surface area contributed by atoms with Crippen LogP contribution in [0.3, 0.4) is 0 Å². The molecule has 1 aliphatic rings. The van der Waals surface area contributed by atoms with Gasteiger partial charge in [0.2, 0.25) is 0 Å². The number of aromatic nitrogens is 3. The third-order valence-electron chi connectivity index (χ3n) is 2.55. The molecule has 1 N–H and O–H groups in total. The molecule has 72 valence electrons. The van der Waals surface area contributed by atoms with E-state index in [0.29, 0.717) is 6.04 Å². The Morgan fingerprint density at radius 3 is 3.31 bits per heavy atom. The van der Waals surface area contributed by atoms with Gasteiger partial charge in [0.15, 0.2) is 0 Å². The van der Waals surface area contributed by atoms with Crippen LogP contribution in [0.15, 0.2) is 6.33 Å². The van der Waals surface area contributed by atoms with E-state index in [9.17, 15) is 0 Å². The molecule has 2 heterocycles. The molecule has 0 radical (unpaired) electrons. The van der Waals surface area contributed by atoms with Crippen molar-refractivity contribution in [3.05, 3.63) is 12.2 Å². The Kier molecular flexibility index (Phi) is 2.59. The van der Waals surface area contributed by atoms with E-state index in [1.807, 2.05) is 6.33 Å². The van der Waals surface area contributed by atoms with Crippen LogP contribution in [-0.2, 0) is 6.42 Å². The summed E-state index contributed by atoms with van der Waals surface area (Å²) < 4.78 is 2.23. The van der Waals surface area contributed by atoms with Gasteiger partial charge in [-0.3, -0.25) is 0 Å². The lowest BCUT2D eigenvalue weighted by atomic mass is 10.2. The first-order valence-electron chi connectivity index (χ1n) is 5.01. The molecular weight excluding hydrogens is 164 g/mol. The van der Waals surface area contributed by atoms with Crippen molar-refractivity contribution in [1.29, 1.82) is 0 Å². The molecule has 1 aromatic rings. The highest BCUT2D eigenvalue weighted by molar-refractivity contribution is 4.92. The van der Waals surface area contributed by atoms with E-state index in [1.54, 1.807) is 0 Å². The Bertz CT molecular complexity index is 262. The van der Waals surface area contributed by atoms with Crippen molar-refractivity contribution >= 4 is 0 Å². The lowest BCUT2D eigenvalue weighted by Crippen LogP contribution is -2.15. The normalized spacial score (nSPS) is 22.4. The van der Waals surface area contributed by atoms with Gasteiger partial charge in [0.05, 0.1) is 0 Å². The number of nitrogens with one attached hydrogen (secondary N) is 1. The third-order valence-corrected chi connectivity index (χ3v) is 2.55. The second kappa shape index (κ2) is 3.87. The Morgan fingerprint density at radius 2 is 2.62 bits per heavy atom. The molecule has 1 fully saturated rings. The Balaban J connectivity index is 2.13. The SMILES string of the molecule is CCCc1nncn1C1CCNC1. The maximum Gasteiger partial charge on any atom is 0.133 e. The van der Waals surface area contributed by atoms with Gasteiger partial charge in [0.25, 0.3) is 0 Å². The summed E-state index contributed by atoms with van der Waals surface area (Å²) >= 11 is 0. The zero-order valence-electron chi connectivity index (χ0n) is 8.03. The number of hydrogen-bond acceptors (Lipinski definition) is 3. The molecule has 1 aromatic heterocycles. The lowest BCUT2D eigenvalue weighted by Gasteiger charge is -2.12. The van der Waals surface area contributed by atoms with Gasteiger partial charge < -0.3 is 9.88 Å². The van der Waals surface area contributed by atoms with Gasteiger partial charge in [0.1, 0.15) is 12.2 Å². The van der Waals surface area contributed by atoms with Crippen LogP contribution in [0.1, 0.15) is 31.6 Å². The van der Waals surface area contributed by atoms with Gasteiger partial charge in [-0.1, -0.05) is 6.92 Å². The molecular formula is C9H16N4. The van der Waals surface area contributed by atoms with Crippen LogP contribution in [0.4, 0.5) is 0 Å². The monoisotopic (exact) mass is 180 g/mol. The van der Waals surface area contributed by atoms with Crippen LogP contribution in [0.5, 0.6) is 0 Å². The second-order valence-electron chi connectivity index (χ2n) is 3.55. The highest BCUT2D eigenvalue weighted by Crippen LogP contribution is 2.16. The van der Waals surface area contributed by atoms with Gasteiger partial charge in [-0.15, -0.1) is 10.2 Å². The van der Waals surface area contributed by atoms with Crippen molar-refractivity contribution in [2.24, 2.45) is 0 Å². The Labute approximate surface area is 78.4 Å². The molecule has 4 nitrogen and oxygen atoms in total. The standard InChI is InChI=1S/C9H16N4/c1-2-3-9-12-11-7-13(9)8-4-5-10-6-8/h7-8,10H,2-6H2,1H3. The smallest absolute Gasteiger partial charge is 0.133 e. The minimum Gasteiger partial charge on any atom is -0.315 e. The van der Waals surface area contributed by atoms with E-state index in [1.165, 1.54) is 6.42 Å². The van der Waals surface area contributed by atoms with Gasteiger partial charge in [-0.05, 0) is 19.4 Å². The summed E-state index contributed by atoms with van der Waals surface area (Å²) in [5.74, 6) is 1.14. The maximum absolute atomic E-state index is 4.14. The Hall–Kier alpha value is -0.900. The molecule has 0 spiro atoms. The molecule has 4 heteroatoms. The molecule has 1 unspecified atom stereocenters. The quantitative estimate of drug-likeness (QED) is 0.747. The summed E-state index contributed by atoms with van der Waals surface area (Å²) in [4.78, 5) is 0. The molecule has 0 aliphatic carbocycles. The largest absolute Gasteiger partial charge is 0.315 e. The summed E-state index contributed by atoms with van der Waals surface area (Å²) in [5.41, 5.74) is 0. The first-order valence-corrected chi connectivity index (χ1v) is 5.01. The fourth-order valence-corrected chi connectivity index (χ4v) is 1.85. The number of rotatable bonds is 3. The van der Waals surface area contributed by atoms with Crippen molar-refractivity contribution in [2.45, 2.75) is 32.2 Å². The van der Waals surface area contributed by atoms with Crippen molar-refractivity contribution in [3.63, 3.8) is 0 Å². The molecule has 1 atom stereocenters. The summed E-state index contributed by atoms with van der Waals surface area (Å²) in [6, 6.07) is 0.580. The Morgan fingerprint density at radius 1 is 1.69 bits per heavy atom. The van der Waals surface area contributed by atoms with Crippen LogP contribution in [0.2, 0.25) is 0 Å². The molecule has 2 rings (SSSR count). The zero-order chi connectivity index (χ0) is 9.10. The molecule has 13 heavy (non-hydrogen) atoms. The molecule has 0 bridgehead atoms. The minimum atomic E-state index is 0.580. The van der Waals surface area contributed by atoms with Gasteiger partial charge in [0, 0.05) is 19.0 Å². The molecule has 0 amide bonds. The maximum atomic E-state index is 4.14. The van der Waals surface area contributed by atoms with Crippen LogP contribution >= 0.6 is 0 Å².